The molecule has 2 aromatic rings. The Bertz CT molecular complexity index is 619. The van der Waals surface area contributed by atoms with Gasteiger partial charge in [-0.1, -0.05) is 33.6 Å². The van der Waals surface area contributed by atoms with Crippen LogP contribution in [0.25, 0.3) is 0 Å². The van der Waals surface area contributed by atoms with Crippen molar-refractivity contribution in [3.05, 3.63) is 51.6 Å². The molecule has 2 N–H and O–H groups in total. The molecule has 0 spiro atoms. The number of carbonyl (C=O) groups excluding carboxylic acids is 1. The molecule has 1 aromatic carbocycles. The highest BCUT2D eigenvalue weighted by Crippen LogP contribution is 2.26. The van der Waals surface area contributed by atoms with E-state index in [1.807, 2.05) is 0 Å². The van der Waals surface area contributed by atoms with Crippen molar-refractivity contribution in [3.63, 3.8) is 0 Å². The van der Waals surface area contributed by atoms with Crippen LogP contribution in [0.3, 0.4) is 0 Å². The number of nitrogens with one attached hydrogen (secondary N) is 2. The molecule has 0 unspecified atom stereocenters. The van der Waals surface area contributed by atoms with E-state index in [0.717, 1.165) is 4.47 Å². The van der Waals surface area contributed by atoms with Crippen molar-refractivity contribution in [2.45, 2.75) is 0 Å². The normalized spacial score (nSPS) is 10.1. The monoisotopic (exact) mass is 339 g/mol. The van der Waals surface area contributed by atoms with Gasteiger partial charge in [0.2, 0.25) is 0 Å². The van der Waals surface area contributed by atoms with Crippen LogP contribution in [-0.4, -0.2) is 17.9 Å². The summed E-state index contributed by atoms with van der Waals surface area (Å²) in [6.07, 6.45) is 0. The molecule has 6 heteroatoms. The van der Waals surface area contributed by atoms with Crippen LogP contribution in [0.4, 0.5) is 11.5 Å². The van der Waals surface area contributed by atoms with Crippen LogP contribution in [0.15, 0.2) is 40.9 Å². The highest BCUT2D eigenvalue weighted by atomic mass is 79.9. The van der Waals surface area contributed by atoms with Crippen LogP contribution in [0, 0.1) is 0 Å². The van der Waals surface area contributed by atoms with Gasteiger partial charge >= 0.3 is 0 Å². The molecule has 4 nitrogen and oxygen atoms in total. The van der Waals surface area contributed by atoms with Crippen molar-refractivity contribution in [1.29, 1.82) is 0 Å². The highest BCUT2D eigenvalue weighted by molar-refractivity contribution is 9.10. The number of pyridine rings is 1. The fourth-order valence-corrected chi connectivity index (χ4v) is 2.01. The number of hydrogen-bond donors (Lipinski definition) is 2. The molecule has 0 saturated carbocycles. The molecule has 0 fully saturated rings. The fraction of sp³-hybridized carbons (Fsp3) is 0.0769. The Morgan fingerprint density at radius 3 is 2.84 bits per heavy atom. The number of nitrogens with zero attached hydrogens (tertiary/aromatic N) is 1. The fourth-order valence-electron chi connectivity index (χ4n) is 1.48. The summed E-state index contributed by atoms with van der Waals surface area (Å²) in [7, 11) is 1.75. The Morgan fingerprint density at radius 1 is 1.32 bits per heavy atom. The molecule has 0 aliphatic carbocycles. The number of anilines is 2. The number of carbonyl (C=O) groups is 1. The number of amides is 1. The minimum absolute atomic E-state index is 0.308. The van der Waals surface area contributed by atoms with E-state index in [1.165, 1.54) is 0 Å². The van der Waals surface area contributed by atoms with Gasteiger partial charge in [0.05, 0.1) is 10.7 Å². The van der Waals surface area contributed by atoms with Crippen molar-refractivity contribution < 1.29 is 4.79 Å². The van der Waals surface area contributed by atoms with Crippen LogP contribution >= 0.6 is 27.5 Å². The minimum Gasteiger partial charge on any atom is -0.373 e. The largest absolute Gasteiger partial charge is 0.373 e. The zero-order valence-electron chi connectivity index (χ0n) is 10.1. The smallest absolute Gasteiger partial charge is 0.274 e. The molecule has 0 bridgehead atoms. The predicted molar refractivity (Wildman–Crippen MR) is 80.9 cm³/mol. The SMILES string of the molecule is CNc1cccc(C(=O)Nc2cc(Br)ccc2Cl)n1. The Kier molecular flexibility index (Phi) is 4.39. The predicted octanol–water partition coefficient (Wildman–Crippen LogP) is 3.79. The van der Waals surface area contributed by atoms with Crippen molar-refractivity contribution in [2.75, 3.05) is 17.7 Å². The van der Waals surface area contributed by atoms with Crippen LogP contribution in [0.2, 0.25) is 5.02 Å². The number of rotatable bonds is 3. The van der Waals surface area contributed by atoms with Gasteiger partial charge in [-0.2, -0.15) is 0 Å². The summed E-state index contributed by atoms with van der Waals surface area (Å²) >= 11 is 9.35. The maximum absolute atomic E-state index is 12.1. The highest BCUT2D eigenvalue weighted by Gasteiger charge is 2.10. The minimum atomic E-state index is -0.308. The molecule has 0 atom stereocenters. The van der Waals surface area contributed by atoms with E-state index in [9.17, 15) is 4.79 Å². The summed E-state index contributed by atoms with van der Waals surface area (Å²) in [6, 6.07) is 10.4. The number of aromatic nitrogens is 1. The van der Waals surface area contributed by atoms with Crippen LogP contribution < -0.4 is 10.6 Å². The second-order valence-electron chi connectivity index (χ2n) is 3.74. The van der Waals surface area contributed by atoms with E-state index >= 15 is 0 Å². The summed E-state index contributed by atoms with van der Waals surface area (Å²) in [4.78, 5) is 16.2. The third kappa shape index (κ3) is 3.45. The van der Waals surface area contributed by atoms with E-state index in [0.29, 0.717) is 22.2 Å². The number of benzene rings is 1. The lowest BCUT2D eigenvalue weighted by molar-refractivity contribution is 0.102. The second-order valence-corrected chi connectivity index (χ2v) is 5.06. The third-order valence-corrected chi connectivity index (χ3v) is 3.24. The Hall–Kier alpha value is -1.59. The third-order valence-electron chi connectivity index (χ3n) is 2.41. The second kappa shape index (κ2) is 6.04. The van der Waals surface area contributed by atoms with Crippen LogP contribution in [-0.2, 0) is 0 Å². The van der Waals surface area contributed by atoms with Crippen LogP contribution in [0.5, 0.6) is 0 Å². The number of halogens is 2. The standard InChI is InChI=1S/C13H11BrClN3O/c1-16-12-4-2-3-10(17-12)13(19)18-11-7-8(14)5-6-9(11)15/h2-7H,1H3,(H,16,17)(H,18,19). The van der Waals surface area contributed by atoms with E-state index < -0.39 is 0 Å². The van der Waals surface area contributed by atoms with Gasteiger partial charge in [-0.05, 0) is 30.3 Å². The molecule has 98 valence electrons. The first-order valence-corrected chi connectivity index (χ1v) is 6.68. The average molecular weight is 341 g/mol. The first-order chi connectivity index (χ1) is 9.10. The van der Waals surface area contributed by atoms with Gasteiger partial charge in [-0.15, -0.1) is 0 Å². The lowest BCUT2D eigenvalue weighted by Gasteiger charge is -2.08. The Labute approximate surface area is 124 Å². The Morgan fingerprint density at radius 2 is 2.11 bits per heavy atom. The molecular formula is C13H11BrClN3O. The zero-order chi connectivity index (χ0) is 13.8. The van der Waals surface area contributed by atoms with Gasteiger partial charge in [-0.3, -0.25) is 4.79 Å². The maximum Gasteiger partial charge on any atom is 0.274 e. The van der Waals surface area contributed by atoms with Crippen molar-refractivity contribution >= 4 is 44.9 Å². The lowest BCUT2D eigenvalue weighted by Crippen LogP contribution is -2.14. The van der Waals surface area contributed by atoms with E-state index in [-0.39, 0.29) is 5.91 Å². The number of hydrogen-bond acceptors (Lipinski definition) is 3. The van der Waals surface area contributed by atoms with Crippen LogP contribution in [0.1, 0.15) is 10.5 Å². The first kappa shape index (κ1) is 13.8. The summed E-state index contributed by atoms with van der Waals surface area (Å²) in [6.45, 7) is 0. The van der Waals surface area contributed by atoms with E-state index in [4.69, 9.17) is 11.6 Å². The van der Waals surface area contributed by atoms with Gasteiger partial charge in [0.25, 0.3) is 5.91 Å². The topological polar surface area (TPSA) is 54.0 Å². The molecule has 0 aliphatic heterocycles. The molecule has 1 aromatic heterocycles. The summed E-state index contributed by atoms with van der Waals surface area (Å²) in [5.74, 6) is 0.324. The van der Waals surface area contributed by atoms with Gasteiger partial charge in [-0.25, -0.2) is 4.98 Å². The van der Waals surface area contributed by atoms with Crippen molar-refractivity contribution in [3.8, 4) is 0 Å². The molecule has 0 aliphatic rings. The molecule has 0 radical (unpaired) electrons. The summed E-state index contributed by atoms with van der Waals surface area (Å²) < 4.78 is 0.837. The quantitative estimate of drug-likeness (QED) is 0.894. The van der Waals surface area contributed by atoms with Gasteiger partial charge < -0.3 is 10.6 Å². The first-order valence-electron chi connectivity index (χ1n) is 5.51. The Balaban J connectivity index is 2.22. The molecular weight excluding hydrogens is 330 g/mol. The van der Waals surface area contributed by atoms with E-state index in [1.54, 1.807) is 43.4 Å². The molecule has 0 saturated heterocycles. The summed E-state index contributed by atoms with van der Waals surface area (Å²) in [5.41, 5.74) is 0.862. The lowest BCUT2D eigenvalue weighted by atomic mass is 10.3. The molecule has 1 heterocycles. The zero-order valence-corrected chi connectivity index (χ0v) is 12.4. The molecule has 1 amide bonds. The van der Waals surface area contributed by atoms with Gasteiger partial charge in [0.1, 0.15) is 11.5 Å². The van der Waals surface area contributed by atoms with Gasteiger partial charge in [0.15, 0.2) is 0 Å². The molecule has 19 heavy (non-hydrogen) atoms. The maximum atomic E-state index is 12.1. The summed E-state index contributed by atoms with van der Waals surface area (Å²) in [5, 5.41) is 6.08. The average Bonchev–Trinajstić information content (AvgIpc) is 2.43. The van der Waals surface area contributed by atoms with Crippen molar-refractivity contribution in [2.24, 2.45) is 0 Å². The van der Waals surface area contributed by atoms with Gasteiger partial charge in [0, 0.05) is 11.5 Å². The van der Waals surface area contributed by atoms with E-state index in [2.05, 4.69) is 31.5 Å². The van der Waals surface area contributed by atoms with Crippen molar-refractivity contribution in [1.82, 2.24) is 4.98 Å². The molecule has 2 rings (SSSR count).